The van der Waals surface area contributed by atoms with Crippen molar-refractivity contribution >= 4 is 17.6 Å². The van der Waals surface area contributed by atoms with Crippen molar-refractivity contribution in [1.29, 1.82) is 0 Å². The van der Waals surface area contributed by atoms with Crippen LogP contribution < -0.4 is 4.90 Å². The fourth-order valence-corrected chi connectivity index (χ4v) is 3.41. The molecule has 2 aliphatic rings. The Morgan fingerprint density at radius 3 is 2.29 bits per heavy atom. The van der Waals surface area contributed by atoms with Crippen LogP contribution in [0.5, 0.6) is 0 Å². The summed E-state index contributed by atoms with van der Waals surface area (Å²) < 4.78 is 0. The highest BCUT2D eigenvalue weighted by atomic mass is 16.2. The van der Waals surface area contributed by atoms with Crippen LogP contribution in [-0.2, 0) is 4.79 Å². The Balaban J connectivity index is 1.61. The molecule has 130 valence electrons. The predicted molar refractivity (Wildman–Crippen MR) is 95.3 cm³/mol. The lowest BCUT2D eigenvalue weighted by Crippen LogP contribution is -2.44. The first kappa shape index (κ1) is 16.8. The molecule has 1 aromatic rings. The van der Waals surface area contributed by atoms with Crippen molar-refractivity contribution in [3.8, 4) is 0 Å². The third-order valence-electron chi connectivity index (χ3n) is 5.00. The van der Waals surface area contributed by atoms with Crippen molar-refractivity contribution in [2.24, 2.45) is 0 Å². The molecule has 0 aliphatic carbocycles. The van der Waals surface area contributed by atoms with Gasteiger partial charge in [-0.1, -0.05) is 26.0 Å². The minimum absolute atomic E-state index is 0.0577. The molecule has 0 aromatic heterocycles. The zero-order chi connectivity index (χ0) is 17.1. The van der Waals surface area contributed by atoms with Gasteiger partial charge in [-0.2, -0.15) is 0 Å². The summed E-state index contributed by atoms with van der Waals surface area (Å²) >= 11 is 0. The lowest BCUT2D eigenvalue weighted by atomic mass is 10.0. The number of amides is 3. The molecule has 0 spiro atoms. The Bertz CT molecular complexity index is 591. The zero-order valence-electron chi connectivity index (χ0n) is 14.7. The quantitative estimate of drug-likeness (QED) is 0.852. The van der Waals surface area contributed by atoms with E-state index in [0.717, 1.165) is 31.6 Å². The van der Waals surface area contributed by atoms with Crippen LogP contribution in [-0.4, -0.2) is 54.5 Å². The largest absolute Gasteiger partial charge is 0.341 e. The molecule has 5 nitrogen and oxygen atoms in total. The number of nitrogens with zero attached hydrogens (tertiary/aromatic N) is 3. The second-order valence-electron chi connectivity index (χ2n) is 7.04. The average Bonchev–Trinajstić information content (AvgIpc) is 2.96. The van der Waals surface area contributed by atoms with Gasteiger partial charge in [-0.05, 0) is 42.9 Å². The van der Waals surface area contributed by atoms with Crippen LogP contribution in [0.4, 0.5) is 10.5 Å². The number of rotatable bonds is 4. The summed E-state index contributed by atoms with van der Waals surface area (Å²) in [6.45, 7) is 7.45. The summed E-state index contributed by atoms with van der Waals surface area (Å²) in [6, 6.07) is 8.11. The Morgan fingerprint density at radius 2 is 1.67 bits per heavy atom. The summed E-state index contributed by atoms with van der Waals surface area (Å²) in [4.78, 5) is 30.3. The Labute approximate surface area is 144 Å². The van der Waals surface area contributed by atoms with Gasteiger partial charge in [0, 0.05) is 31.9 Å². The van der Waals surface area contributed by atoms with Gasteiger partial charge in [-0.3, -0.25) is 9.69 Å². The monoisotopic (exact) mass is 329 g/mol. The van der Waals surface area contributed by atoms with Crippen LogP contribution in [0.15, 0.2) is 24.3 Å². The molecule has 2 saturated heterocycles. The van der Waals surface area contributed by atoms with Gasteiger partial charge in [0.05, 0.1) is 0 Å². The molecule has 3 amide bonds. The molecule has 3 rings (SSSR count). The molecule has 0 bridgehead atoms. The van der Waals surface area contributed by atoms with Crippen molar-refractivity contribution < 1.29 is 9.59 Å². The van der Waals surface area contributed by atoms with Crippen LogP contribution in [0.25, 0.3) is 0 Å². The zero-order valence-corrected chi connectivity index (χ0v) is 14.7. The van der Waals surface area contributed by atoms with Gasteiger partial charge < -0.3 is 9.80 Å². The van der Waals surface area contributed by atoms with Crippen molar-refractivity contribution in [2.75, 3.05) is 37.6 Å². The highest BCUT2D eigenvalue weighted by Crippen LogP contribution is 2.23. The number of carbonyl (C=O) groups is 2. The Hall–Kier alpha value is -2.04. The van der Waals surface area contributed by atoms with E-state index in [1.807, 2.05) is 17.0 Å². The van der Waals surface area contributed by atoms with Crippen molar-refractivity contribution in [3.63, 3.8) is 0 Å². The normalized spacial score (nSPS) is 18.6. The first-order valence-electron chi connectivity index (χ1n) is 9.00. The Morgan fingerprint density at radius 1 is 1.00 bits per heavy atom. The number of urea groups is 1. The molecule has 2 aliphatic heterocycles. The standard InChI is InChI=1S/C19H27N3O2/c1-15(2)16-6-8-17(9-7-16)22-13-12-21(19(22)24)14-18(23)20-10-4-3-5-11-20/h6-9,15H,3-5,10-14H2,1-2H3. The Kier molecular flexibility index (Phi) is 5.07. The van der Waals surface area contributed by atoms with E-state index < -0.39 is 0 Å². The van der Waals surface area contributed by atoms with E-state index in [9.17, 15) is 9.59 Å². The molecule has 24 heavy (non-hydrogen) atoms. The van der Waals surface area contributed by atoms with E-state index in [1.54, 1.807) is 9.80 Å². The molecule has 0 unspecified atom stereocenters. The SMILES string of the molecule is CC(C)c1ccc(N2CCN(CC(=O)N3CCCCC3)C2=O)cc1. The first-order valence-corrected chi connectivity index (χ1v) is 9.00. The molecule has 2 fully saturated rings. The molecular weight excluding hydrogens is 302 g/mol. The molecule has 1 aromatic carbocycles. The number of piperidine rings is 1. The minimum Gasteiger partial charge on any atom is -0.341 e. The van der Waals surface area contributed by atoms with Gasteiger partial charge in [0.15, 0.2) is 0 Å². The van der Waals surface area contributed by atoms with Gasteiger partial charge in [0.2, 0.25) is 5.91 Å². The molecule has 0 N–H and O–H groups in total. The van der Waals surface area contributed by atoms with E-state index in [0.29, 0.717) is 19.0 Å². The van der Waals surface area contributed by atoms with E-state index in [4.69, 9.17) is 0 Å². The molecule has 0 radical (unpaired) electrons. The average molecular weight is 329 g/mol. The van der Waals surface area contributed by atoms with Gasteiger partial charge in [0.1, 0.15) is 6.54 Å². The number of likely N-dealkylation sites (tertiary alicyclic amines) is 1. The van der Waals surface area contributed by atoms with Gasteiger partial charge in [-0.25, -0.2) is 4.79 Å². The minimum atomic E-state index is -0.0577. The molecular formula is C19H27N3O2. The van der Waals surface area contributed by atoms with Crippen LogP contribution >= 0.6 is 0 Å². The van der Waals surface area contributed by atoms with Gasteiger partial charge >= 0.3 is 6.03 Å². The number of anilines is 1. The third kappa shape index (κ3) is 3.55. The van der Waals surface area contributed by atoms with Crippen molar-refractivity contribution in [1.82, 2.24) is 9.80 Å². The predicted octanol–water partition coefficient (Wildman–Crippen LogP) is 3.06. The van der Waals surface area contributed by atoms with Crippen LogP contribution in [0.3, 0.4) is 0 Å². The third-order valence-corrected chi connectivity index (χ3v) is 5.00. The summed E-state index contributed by atoms with van der Waals surface area (Å²) in [6.07, 6.45) is 3.36. The number of hydrogen-bond acceptors (Lipinski definition) is 2. The molecule has 2 heterocycles. The molecule has 5 heteroatoms. The first-order chi connectivity index (χ1) is 11.6. The number of benzene rings is 1. The fraction of sp³-hybridized carbons (Fsp3) is 0.579. The summed E-state index contributed by atoms with van der Waals surface area (Å²) in [7, 11) is 0. The lowest BCUT2D eigenvalue weighted by Gasteiger charge is -2.28. The maximum atomic E-state index is 12.6. The highest BCUT2D eigenvalue weighted by molar-refractivity contribution is 5.96. The highest BCUT2D eigenvalue weighted by Gasteiger charge is 2.32. The van der Waals surface area contributed by atoms with Gasteiger partial charge in [-0.15, -0.1) is 0 Å². The van der Waals surface area contributed by atoms with E-state index in [1.165, 1.54) is 12.0 Å². The second kappa shape index (κ2) is 7.24. The maximum Gasteiger partial charge on any atom is 0.325 e. The van der Waals surface area contributed by atoms with E-state index in [2.05, 4.69) is 26.0 Å². The van der Waals surface area contributed by atoms with E-state index in [-0.39, 0.29) is 18.5 Å². The van der Waals surface area contributed by atoms with Crippen molar-refractivity contribution in [3.05, 3.63) is 29.8 Å². The second-order valence-corrected chi connectivity index (χ2v) is 7.04. The lowest BCUT2D eigenvalue weighted by molar-refractivity contribution is -0.132. The molecule has 0 saturated carbocycles. The topological polar surface area (TPSA) is 43.9 Å². The van der Waals surface area contributed by atoms with E-state index >= 15 is 0 Å². The number of carbonyl (C=O) groups excluding carboxylic acids is 2. The summed E-state index contributed by atoms with van der Waals surface area (Å²) in [5.74, 6) is 0.562. The smallest absolute Gasteiger partial charge is 0.325 e. The van der Waals surface area contributed by atoms with Gasteiger partial charge in [0.25, 0.3) is 0 Å². The fourth-order valence-electron chi connectivity index (χ4n) is 3.41. The van der Waals surface area contributed by atoms with Crippen LogP contribution in [0.1, 0.15) is 44.6 Å². The maximum absolute atomic E-state index is 12.6. The van der Waals surface area contributed by atoms with Crippen LogP contribution in [0, 0.1) is 0 Å². The molecule has 0 atom stereocenters. The van der Waals surface area contributed by atoms with Crippen molar-refractivity contribution in [2.45, 2.75) is 39.0 Å². The summed E-state index contributed by atoms with van der Waals surface area (Å²) in [5.41, 5.74) is 2.18. The number of hydrogen-bond donors (Lipinski definition) is 0. The van der Waals surface area contributed by atoms with Crippen LogP contribution in [0.2, 0.25) is 0 Å². The summed E-state index contributed by atoms with van der Waals surface area (Å²) in [5, 5.41) is 0.